The lowest BCUT2D eigenvalue weighted by atomic mass is 10.1. The van der Waals surface area contributed by atoms with E-state index in [0.29, 0.717) is 49.5 Å². The molecule has 0 aliphatic carbocycles. The van der Waals surface area contributed by atoms with Gasteiger partial charge in [-0.25, -0.2) is 9.37 Å². The third-order valence-electron chi connectivity index (χ3n) is 6.81. The number of nitrogens with zero attached hydrogens (tertiary/aromatic N) is 7. The van der Waals surface area contributed by atoms with Crippen LogP contribution in [0.25, 0.3) is 11.4 Å². The van der Waals surface area contributed by atoms with Gasteiger partial charge in [0.05, 0.1) is 5.56 Å². The molecular formula is C25H27F4N7. The predicted molar refractivity (Wildman–Crippen MR) is 130 cm³/mol. The number of alkyl halides is 3. The summed E-state index contributed by atoms with van der Waals surface area (Å²) < 4.78 is 54.2. The van der Waals surface area contributed by atoms with E-state index in [-0.39, 0.29) is 17.7 Å². The van der Waals surface area contributed by atoms with E-state index in [1.54, 1.807) is 11.0 Å². The number of aromatic nitrogens is 4. The van der Waals surface area contributed by atoms with Crippen LogP contribution in [0.5, 0.6) is 0 Å². The normalized spacial score (nSPS) is 18.7. The Hall–Kier alpha value is -3.50. The van der Waals surface area contributed by atoms with Crippen molar-refractivity contribution in [2.75, 3.05) is 47.4 Å². The molecule has 0 spiro atoms. The molecule has 4 heterocycles. The average molecular weight is 502 g/mol. The van der Waals surface area contributed by atoms with Crippen molar-refractivity contribution < 1.29 is 17.6 Å². The molecule has 2 aliphatic heterocycles. The Labute approximate surface area is 206 Å². The number of hydrogen-bond donors (Lipinski definition) is 0. The Kier molecular flexibility index (Phi) is 6.40. The van der Waals surface area contributed by atoms with Crippen molar-refractivity contribution in [3.63, 3.8) is 0 Å². The summed E-state index contributed by atoms with van der Waals surface area (Å²) in [5.41, 5.74) is 0.695. The van der Waals surface area contributed by atoms with Gasteiger partial charge in [-0.2, -0.15) is 28.1 Å². The van der Waals surface area contributed by atoms with E-state index in [1.807, 2.05) is 11.8 Å². The molecule has 7 nitrogen and oxygen atoms in total. The summed E-state index contributed by atoms with van der Waals surface area (Å²) in [6.45, 7) is 6.30. The number of rotatable bonds is 4. The molecule has 36 heavy (non-hydrogen) atoms. The van der Waals surface area contributed by atoms with Crippen molar-refractivity contribution in [1.29, 1.82) is 0 Å². The fourth-order valence-electron chi connectivity index (χ4n) is 4.84. The minimum atomic E-state index is -4.47. The Morgan fingerprint density at radius 1 is 0.917 bits per heavy atom. The molecule has 2 aliphatic rings. The van der Waals surface area contributed by atoms with Crippen molar-refractivity contribution in [2.24, 2.45) is 0 Å². The lowest BCUT2D eigenvalue weighted by molar-refractivity contribution is -0.137. The number of benzene rings is 1. The first-order valence-corrected chi connectivity index (χ1v) is 12.0. The van der Waals surface area contributed by atoms with Gasteiger partial charge in [-0.05, 0) is 62.6 Å². The summed E-state index contributed by atoms with van der Waals surface area (Å²) in [7, 11) is 0. The molecule has 2 saturated heterocycles. The van der Waals surface area contributed by atoms with Crippen LogP contribution in [0.15, 0.2) is 36.5 Å². The van der Waals surface area contributed by atoms with Gasteiger partial charge in [-0.15, -0.1) is 0 Å². The van der Waals surface area contributed by atoms with Crippen molar-refractivity contribution in [3.8, 4) is 11.4 Å². The lowest BCUT2D eigenvalue weighted by Crippen LogP contribution is -2.48. The second-order valence-electron chi connectivity index (χ2n) is 9.25. The predicted octanol–water partition coefficient (Wildman–Crippen LogP) is 4.72. The standard InChI is InChI=1S/C25H27F4N7/c1-16-15-18(26)7-8-19(16)21-31-23(33-24(32-21)36-10-4-5-17(36)2)35-13-11-34(12-14-35)22-20(25(27,28)29)6-3-9-30-22/h3,6-9,15,17H,4-5,10-14H2,1-2H3. The van der Waals surface area contributed by atoms with Gasteiger partial charge < -0.3 is 14.7 Å². The number of halogens is 4. The second-order valence-corrected chi connectivity index (χ2v) is 9.25. The number of aryl methyl sites for hydroxylation is 1. The van der Waals surface area contributed by atoms with Crippen LogP contribution < -0.4 is 14.7 Å². The number of pyridine rings is 1. The maximum Gasteiger partial charge on any atom is 0.419 e. The molecule has 0 amide bonds. The van der Waals surface area contributed by atoms with Gasteiger partial charge >= 0.3 is 6.18 Å². The number of anilines is 3. The smallest absolute Gasteiger partial charge is 0.353 e. The largest absolute Gasteiger partial charge is 0.419 e. The molecule has 5 rings (SSSR count). The van der Waals surface area contributed by atoms with Crippen molar-refractivity contribution >= 4 is 17.7 Å². The minimum absolute atomic E-state index is 0.0606. The van der Waals surface area contributed by atoms with E-state index >= 15 is 0 Å². The zero-order valence-electron chi connectivity index (χ0n) is 20.1. The van der Waals surface area contributed by atoms with Gasteiger partial charge in [0, 0.05) is 50.5 Å². The van der Waals surface area contributed by atoms with Crippen LogP contribution in [-0.4, -0.2) is 58.7 Å². The molecule has 190 valence electrons. The van der Waals surface area contributed by atoms with Gasteiger partial charge in [0.15, 0.2) is 5.82 Å². The average Bonchev–Trinajstić information content (AvgIpc) is 3.29. The van der Waals surface area contributed by atoms with Crippen LogP contribution in [0.1, 0.15) is 30.9 Å². The number of hydrogen-bond acceptors (Lipinski definition) is 7. The van der Waals surface area contributed by atoms with Crippen LogP contribution >= 0.6 is 0 Å². The fourth-order valence-corrected chi connectivity index (χ4v) is 4.84. The Balaban J connectivity index is 1.45. The van der Waals surface area contributed by atoms with Crippen molar-refractivity contribution in [1.82, 2.24) is 19.9 Å². The van der Waals surface area contributed by atoms with Gasteiger partial charge in [-0.3, -0.25) is 0 Å². The SMILES string of the molecule is Cc1cc(F)ccc1-c1nc(N2CCN(c3ncccc3C(F)(F)F)CC2)nc(N2CCCC2C)n1. The van der Waals surface area contributed by atoms with E-state index in [9.17, 15) is 17.6 Å². The molecule has 0 N–H and O–H groups in total. The highest BCUT2D eigenvalue weighted by Gasteiger charge is 2.36. The quantitative estimate of drug-likeness (QED) is 0.480. The first-order chi connectivity index (χ1) is 17.2. The third kappa shape index (κ3) is 4.78. The molecule has 0 radical (unpaired) electrons. The van der Waals surface area contributed by atoms with Gasteiger partial charge in [0.25, 0.3) is 0 Å². The molecule has 1 unspecified atom stereocenters. The van der Waals surface area contributed by atoms with Crippen LogP contribution in [0.3, 0.4) is 0 Å². The molecule has 0 saturated carbocycles. The maximum atomic E-state index is 13.7. The second kappa shape index (κ2) is 9.51. The highest BCUT2D eigenvalue weighted by Crippen LogP contribution is 2.36. The first-order valence-electron chi connectivity index (χ1n) is 12.0. The van der Waals surface area contributed by atoms with Gasteiger partial charge in [0.1, 0.15) is 11.6 Å². The maximum absolute atomic E-state index is 13.7. The van der Waals surface area contributed by atoms with Crippen molar-refractivity contribution in [2.45, 2.75) is 38.9 Å². The lowest BCUT2D eigenvalue weighted by Gasteiger charge is -2.36. The zero-order chi connectivity index (χ0) is 25.4. The summed E-state index contributed by atoms with van der Waals surface area (Å²) >= 11 is 0. The van der Waals surface area contributed by atoms with E-state index < -0.39 is 11.7 Å². The van der Waals surface area contributed by atoms with Crippen molar-refractivity contribution in [3.05, 3.63) is 53.5 Å². The molecule has 0 bridgehead atoms. The third-order valence-corrected chi connectivity index (χ3v) is 6.81. The molecule has 2 fully saturated rings. The Bertz CT molecular complexity index is 1240. The highest BCUT2D eigenvalue weighted by atomic mass is 19.4. The topological polar surface area (TPSA) is 61.3 Å². The Morgan fingerprint density at radius 2 is 1.64 bits per heavy atom. The zero-order valence-corrected chi connectivity index (χ0v) is 20.1. The van der Waals surface area contributed by atoms with Crippen LogP contribution in [0.2, 0.25) is 0 Å². The van der Waals surface area contributed by atoms with Crippen LogP contribution in [0.4, 0.5) is 35.3 Å². The molecule has 1 aromatic carbocycles. The monoisotopic (exact) mass is 501 g/mol. The highest BCUT2D eigenvalue weighted by molar-refractivity contribution is 5.63. The first kappa shape index (κ1) is 24.2. The van der Waals surface area contributed by atoms with E-state index in [0.717, 1.165) is 31.0 Å². The Morgan fingerprint density at radius 3 is 2.31 bits per heavy atom. The summed E-state index contributed by atoms with van der Waals surface area (Å²) in [5.74, 6) is 1.10. The molecule has 11 heteroatoms. The summed E-state index contributed by atoms with van der Waals surface area (Å²) in [6.07, 6.45) is -1.02. The minimum Gasteiger partial charge on any atom is -0.353 e. The molecule has 3 aromatic rings. The van der Waals surface area contributed by atoms with Crippen LogP contribution in [0, 0.1) is 12.7 Å². The number of piperazine rings is 1. The molecular weight excluding hydrogens is 474 g/mol. The summed E-state index contributed by atoms with van der Waals surface area (Å²) in [4.78, 5) is 24.0. The molecule has 2 aromatic heterocycles. The summed E-state index contributed by atoms with van der Waals surface area (Å²) in [6, 6.07) is 7.13. The van der Waals surface area contributed by atoms with Crippen LogP contribution in [-0.2, 0) is 6.18 Å². The van der Waals surface area contributed by atoms with E-state index in [4.69, 9.17) is 15.0 Å². The van der Waals surface area contributed by atoms with Gasteiger partial charge in [0.2, 0.25) is 11.9 Å². The summed E-state index contributed by atoms with van der Waals surface area (Å²) in [5, 5.41) is 0. The molecule has 1 atom stereocenters. The van der Waals surface area contributed by atoms with E-state index in [1.165, 1.54) is 24.4 Å². The fraction of sp³-hybridized carbons (Fsp3) is 0.440. The van der Waals surface area contributed by atoms with E-state index in [2.05, 4.69) is 16.8 Å². The van der Waals surface area contributed by atoms with Gasteiger partial charge in [-0.1, -0.05) is 0 Å².